The Hall–Kier alpha value is -1.09. The van der Waals surface area contributed by atoms with Gasteiger partial charge in [0, 0.05) is 37.2 Å². The van der Waals surface area contributed by atoms with Crippen LogP contribution in [0.15, 0.2) is 42.6 Å². The molecule has 0 unspecified atom stereocenters. The SMILES string of the molecule is CC1(C)CC(=[N+]2CCCCC2)C=CN1Cc1ccccc1.[Br-]. The summed E-state index contributed by atoms with van der Waals surface area (Å²) in [5.41, 5.74) is 3.11. The van der Waals surface area contributed by atoms with Crippen molar-refractivity contribution in [2.24, 2.45) is 0 Å². The minimum Gasteiger partial charge on any atom is -1.00 e. The second-order valence-electron chi connectivity index (χ2n) is 6.96. The van der Waals surface area contributed by atoms with Crippen LogP contribution in [0.3, 0.4) is 0 Å². The van der Waals surface area contributed by atoms with Crippen molar-refractivity contribution in [2.45, 2.75) is 51.6 Å². The fourth-order valence-electron chi connectivity index (χ4n) is 3.43. The van der Waals surface area contributed by atoms with Crippen molar-refractivity contribution in [3.8, 4) is 0 Å². The van der Waals surface area contributed by atoms with Crippen LogP contribution in [0.5, 0.6) is 0 Å². The standard InChI is InChI=1S/C19H27N2.BrH/c1-19(2)15-18(20-12-7-4-8-13-20)11-14-21(19)16-17-9-5-3-6-10-17;/h3,5-6,9-11,14H,4,7-8,12-13,15-16H2,1-2H3;1H/q+1;/p-1. The third-order valence-electron chi connectivity index (χ3n) is 4.80. The largest absolute Gasteiger partial charge is 1.00 e. The fourth-order valence-corrected chi connectivity index (χ4v) is 3.43. The van der Waals surface area contributed by atoms with E-state index >= 15 is 0 Å². The summed E-state index contributed by atoms with van der Waals surface area (Å²) in [6.45, 7) is 8.22. The molecule has 1 aromatic rings. The number of rotatable bonds is 2. The van der Waals surface area contributed by atoms with Crippen LogP contribution in [0.4, 0.5) is 0 Å². The van der Waals surface area contributed by atoms with E-state index in [0.29, 0.717) is 0 Å². The second-order valence-corrected chi connectivity index (χ2v) is 6.96. The number of allylic oxidation sites excluding steroid dienone is 1. The van der Waals surface area contributed by atoms with Crippen molar-refractivity contribution < 1.29 is 21.6 Å². The molecule has 1 aromatic carbocycles. The highest BCUT2D eigenvalue weighted by molar-refractivity contribution is 5.92. The third kappa shape index (κ3) is 4.01. The van der Waals surface area contributed by atoms with Crippen LogP contribution in [-0.4, -0.2) is 33.8 Å². The van der Waals surface area contributed by atoms with E-state index in [4.69, 9.17) is 0 Å². The molecule has 0 aromatic heterocycles. The van der Waals surface area contributed by atoms with E-state index in [2.05, 4.69) is 65.9 Å². The Kier molecular flexibility index (Phi) is 5.85. The second kappa shape index (κ2) is 7.45. The van der Waals surface area contributed by atoms with Crippen molar-refractivity contribution in [3.63, 3.8) is 0 Å². The molecule has 0 bridgehead atoms. The van der Waals surface area contributed by atoms with E-state index in [9.17, 15) is 0 Å². The molecule has 0 aliphatic carbocycles. The lowest BCUT2D eigenvalue weighted by molar-refractivity contribution is -0.538. The summed E-state index contributed by atoms with van der Waals surface area (Å²) in [4.78, 5) is 2.48. The van der Waals surface area contributed by atoms with Gasteiger partial charge in [0.2, 0.25) is 0 Å². The topological polar surface area (TPSA) is 6.25 Å². The van der Waals surface area contributed by atoms with E-state index in [1.54, 1.807) is 0 Å². The molecular weight excluding hydrogens is 336 g/mol. The van der Waals surface area contributed by atoms with Gasteiger partial charge in [-0.15, -0.1) is 0 Å². The van der Waals surface area contributed by atoms with Crippen LogP contribution < -0.4 is 17.0 Å². The van der Waals surface area contributed by atoms with Gasteiger partial charge in [0.25, 0.3) is 0 Å². The predicted molar refractivity (Wildman–Crippen MR) is 88.7 cm³/mol. The monoisotopic (exact) mass is 362 g/mol. The molecule has 1 saturated heterocycles. The van der Waals surface area contributed by atoms with Gasteiger partial charge in [0.15, 0.2) is 5.71 Å². The highest BCUT2D eigenvalue weighted by Gasteiger charge is 2.33. The molecule has 3 rings (SSSR count). The fraction of sp³-hybridized carbons (Fsp3) is 0.526. The van der Waals surface area contributed by atoms with Gasteiger partial charge in [-0.25, -0.2) is 4.58 Å². The summed E-state index contributed by atoms with van der Waals surface area (Å²) in [5, 5.41) is 0. The number of piperidine rings is 1. The van der Waals surface area contributed by atoms with Crippen molar-refractivity contribution >= 4 is 5.71 Å². The quantitative estimate of drug-likeness (QED) is 0.706. The molecule has 0 saturated carbocycles. The molecule has 2 aliphatic rings. The Balaban J connectivity index is 0.00000176. The number of nitrogens with zero attached hydrogens (tertiary/aromatic N) is 2. The molecule has 2 aliphatic heterocycles. The summed E-state index contributed by atoms with van der Waals surface area (Å²) >= 11 is 0. The van der Waals surface area contributed by atoms with Crippen molar-refractivity contribution in [1.29, 1.82) is 0 Å². The van der Waals surface area contributed by atoms with E-state index in [1.165, 1.54) is 43.6 Å². The minimum atomic E-state index is 0. The first-order chi connectivity index (χ1) is 10.1. The Bertz CT molecular complexity index is 538. The average molecular weight is 363 g/mol. The molecule has 2 heterocycles. The lowest BCUT2D eigenvalue weighted by Crippen LogP contribution is -3.00. The van der Waals surface area contributed by atoms with Crippen LogP contribution >= 0.6 is 0 Å². The van der Waals surface area contributed by atoms with E-state index in [1.807, 2.05) is 0 Å². The van der Waals surface area contributed by atoms with E-state index in [0.717, 1.165) is 13.0 Å². The van der Waals surface area contributed by atoms with Gasteiger partial charge in [-0.2, -0.15) is 0 Å². The Morgan fingerprint density at radius 2 is 1.73 bits per heavy atom. The first-order valence-electron chi connectivity index (χ1n) is 8.25. The lowest BCUT2D eigenvalue weighted by Gasteiger charge is -2.40. The molecule has 2 nitrogen and oxygen atoms in total. The minimum absolute atomic E-state index is 0. The van der Waals surface area contributed by atoms with Crippen molar-refractivity contribution in [2.75, 3.05) is 13.1 Å². The van der Waals surface area contributed by atoms with Gasteiger partial charge in [-0.3, -0.25) is 0 Å². The first-order valence-corrected chi connectivity index (χ1v) is 8.25. The predicted octanol–water partition coefficient (Wildman–Crippen LogP) is 0.826. The molecule has 0 spiro atoms. The molecule has 120 valence electrons. The smallest absolute Gasteiger partial charge is 0.179 e. The van der Waals surface area contributed by atoms with Crippen molar-refractivity contribution in [3.05, 3.63) is 48.2 Å². The van der Waals surface area contributed by atoms with Gasteiger partial charge in [-0.1, -0.05) is 30.3 Å². The maximum absolute atomic E-state index is 2.60. The van der Waals surface area contributed by atoms with Gasteiger partial charge in [-0.05, 0) is 25.8 Å². The average Bonchev–Trinajstić information content (AvgIpc) is 2.51. The summed E-state index contributed by atoms with van der Waals surface area (Å²) in [6, 6.07) is 10.8. The number of hydrogen-bond donors (Lipinski definition) is 0. The molecule has 0 amide bonds. The molecule has 0 atom stereocenters. The highest BCUT2D eigenvalue weighted by atomic mass is 79.9. The van der Waals surface area contributed by atoms with Gasteiger partial charge in [0.05, 0.1) is 6.42 Å². The van der Waals surface area contributed by atoms with Crippen LogP contribution in [0.1, 0.15) is 45.1 Å². The number of hydrogen-bond acceptors (Lipinski definition) is 1. The zero-order valence-electron chi connectivity index (χ0n) is 13.8. The van der Waals surface area contributed by atoms with Gasteiger partial charge in [0.1, 0.15) is 13.1 Å². The van der Waals surface area contributed by atoms with Crippen LogP contribution in [0.25, 0.3) is 0 Å². The normalized spacial score (nSPS) is 20.7. The molecule has 1 fully saturated rings. The Labute approximate surface area is 145 Å². The summed E-state index contributed by atoms with van der Waals surface area (Å²) < 4.78 is 2.60. The van der Waals surface area contributed by atoms with Crippen LogP contribution in [0.2, 0.25) is 0 Å². The maximum Gasteiger partial charge on any atom is 0.179 e. The molecular formula is C19H27BrN2. The van der Waals surface area contributed by atoms with E-state index < -0.39 is 0 Å². The lowest BCUT2D eigenvalue weighted by atomic mass is 9.91. The first kappa shape index (κ1) is 17.3. The number of benzene rings is 1. The van der Waals surface area contributed by atoms with Gasteiger partial charge >= 0.3 is 0 Å². The molecule has 22 heavy (non-hydrogen) atoms. The molecule has 3 heteroatoms. The zero-order chi connectivity index (χ0) is 14.7. The van der Waals surface area contributed by atoms with Gasteiger partial charge < -0.3 is 21.9 Å². The zero-order valence-corrected chi connectivity index (χ0v) is 15.3. The molecule has 0 radical (unpaired) electrons. The Morgan fingerprint density at radius 3 is 2.36 bits per heavy atom. The molecule has 0 N–H and O–H groups in total. The maximum atomic E-state index is 2.60. The Morgan fingerprint density at radius 1 is 1.05 bits per heavy atom. The number of halogens is 1. The van der Waals surface area contributed by atoms with E-state index in [-0.39, 0.29) is 22.5 Å². The summed E-state index contributed by atoms with van der Waals surface area (Å²) in [6.07, 6.45) is 9.91. The summed E-state index contributed by atoms with van der Waals surface area (Å²) in [7, 11) is 0. The summed E-state index contributed by atoms with van der Waals surface area (Å²) in [5.74, 6) is 0. The van der Waals surface area contributed by atoms with Crippen molar-refractivity contribution in [1.82, 2.24) is 4.90 Å². The highest BCUT2D eigenvalue weighted by Crippen LogP contribution is 2.27. The van der Waals surface area contributed by atoms with Crippen LogP contribution in [0, 0.1) is 0 Å². The third-order valence-corrected chi connectivity index (χ3v) is 4.80. The van der Waals surface area contributed by atoms with Crippen LogP contribution in [-0.2, 0) is 6.54 Å².